The molecule has 1 unspecified atom stereocenters. The average molecular weight is 528 g/mol. The summed E-state index contributed by atoms with van der Waals surface area (Å²) in [6, 6.07) is 12.6. The van der Waals surface area contributed by atoms with Crippen LogP contribution in [0.15, 0.2) is 53.5 Å². The van der Waals surface area contributed by atoms with Crippen LogP contribution in [-0.4, -0.2) is 30.1 Å². The van der Waals surface area contributed by atoms with Gasteiger partial charge in [0, 0.05) is 31.8 Å². The third-order valence-corrected chi connectivity index (χ3v) is 4.71. The molecule has 9 heteroatoms. The van der Waals surface area contributed by atoms with E-state index in [0.29, 0.717) is 25.6 Å². The number of non-ortho nitro benzene ring substituents is 1. The van der Waals surface area contributed by atoms with Crippen molar-refractivity contribution in [3.05, 3.63) is 75.6 Å². The highest BCUT2D eigenvalue weighted by atomic mass is 127. The molecule has 30 heavy (non-hydrogen) atoms. The van der Waals surface area contributed by atoms with E-state index in [0.717, 1.165) is 37.0 Å². The fraction of sp³-hybridized carbons (Fsp3) is 0.381. The van der Waals surface area contributed by atoms with Gasteiger partial charge in [0.2, 0.25) is 0 Å². The zero-order valence-corrected chi connectivity index (χ0v) is 18.9. The van der Waals surface area contributed by atoms with Crippen molar-refractivity contribution >= 4 is 35.6 Å². The molecule has 0 aliphatic carbocycles. The van der Waals surface area contributed by atoms with Gasteiger partial charge in [-0.2, -0.15) is 0 Å². The van der Waals surface area contributed by atoms with Crippen LogP contribution >= 0.6 is 24.0 Å². The van der Waals surface area contributed by atoms with E-state index >= 15 is 0 Å². The molecule has 2 N–H and O–H groups in total. The molecule has 1 aliphatic heterocycles. The van der Waals surface area contributed by atoms with Crippen molar-refractivity contribution in [1.29, 1.82) is 0 Å². The lowest BCUT2D eigenvalue weighted by molar-refractivity contribution is -0.384. The van der Waals surface area contributed by atoms with Crippen LogP contribution in [0, 0.1) is 15.9 Å². The molecule has 1 heterocycles. The maximum Gasteiger partial charge on any atom is 0.269 e. The summed E-state index contributed by atoms with van der Waals surface area (Å²) in [7, 11) is 0. The first kappa shape index (κ1) is 24.0. The van der Waals surface area contributed by atoms with Gasteiger partial charge in [0.1, 0.15) is 5.82 Å². The van der Waals surface area contributed by atoms with Crippen LogP contribution in [0.3, 0.4) is 0 Å². The Kier molecular flexibility index (Phi) is 9.95. The number of guanidine groups is 1. The third-order valence-electron chi connectivity index (χ3n) is 4.71. The van der Waals surface area contributed by atoms with Gasteiger partial charge in [-0.1, -0.05) is 24.3 Å². The Morgan fingerprint density at radius 3 is 2.43 bits per heavy atom. The number of rotatable bonds is 7. The van der Waals surface area contributed by atoms with Crippen molar-refractivity contribution < 1.29 is 14.1 Å². The molecule has 0 amide bonds. The van der Waals surface area contributed by atoms with Gasteiger partial charge < -0.3 is 15.4 Å². The average Bonchev–Trinajstić information content (AvgIpc) is 2.75. The molecule has 0 aromatic heterocycles. The molecule has 0 bridgehead atoms. The van der Waals surface area contributed by atoms with Crippen molar-refractivity contribution in [2.24, 2.45) is 4.99 Å². The molecule has 2 aromatic carbocycles. The molecule has 2 aromatic rings. The SMILES string of the molecule is I.O=[N+]([O-])c1ccc(CNC(=NCc2ccc(F)cc2)NCC2CCCCO2)cc1. The number of ether oxygens (including phenoxy) is 1. The van der Waals surface area contributed by atoms with Crippen LogP contribution in [0.2, 0.25) is 0 Å². The molecule has 1 fully saturated rings. The fourth-order valence-corrected chi connectivity index (χ4v) is 3.03. The summed E-state index contributed by atoms with van der Waals surface area (Å²) >= 11 is 0. The zero-order valence-electron chi connectivity index (χ0n) is 16.6. The highest BCUT2D eigenvalue weighted by Gasteiger charge is 2.14. The summed E-state index contributed by atoms with van der Waals surface area (Å²) in [5.41, 5.74) is 1.86. The van der Waals surface area contributed by atoms with Gasteiger partial charge in [-0.05, 0) is 42.5 Å². The summed E-state index contributed by atoms with van der Waals surface area (Å²) in [4.78, 5) is 14.9. The fourth-order valence-electron chi connectivity index (χ4n) is 3.03. The Labute approximate surface area is 192 Å². The highest BCUT2D eigenvalue weighted by Crippen LogP contribution is 2.13. The minimum absolute atomic E-state index is 0. The number of nitro benzene ring substituents is 1. The minimum Gasteiger partial charge on any atom is -0.376 e. The van der Waals surface area contributed by atoms with E-state index in [4.69, 9.17) is 4.74 Å². The van der Waals surface area contributed by atoms with Gasteiger partial charge in [0.15, 0.2) is 5.96 Å². The molecular weight excluding hydrogens is 502 g/mol. The maximum absolute atomic E-state index is 13.1. The molecule has 3 rings (SSSR count). The van der Waals surface area contributed by atoms with Crippen molar-refractivity contribution in [2.45, 2.75) is 38.5 Å². The monoisotopic (exact) mass is 528 g/mol. The standard InChI is InChI=1S/C21H25FN4O3.HI/c22-18-8-4-16(5-9-18)13-23-21(25-15-20-3-1-2-12-29-20)24-14-17-6-10-19(11-7-17)26(27)28;/h4-11,20H,1-3,12-15H2,(H2,23,24,25);1H. The lowest BCUT2D eigenvalue weighted by Gasteiger charge is -2.24. The number of nitrogens with one attached hydrogen (secondary N) is 2. The first-order valence-electron chi connectivity index (χ1n) is 9.72. The number of nitro groups is 1. The zero-order chi connectivity index (χ0) is 20.5. The lowest BCUT2D eigenvalue weighted by Crippen LogP contribution is -2.42. The second-order valence-electron chi connectivity index (χ2n) is 6.94. The summed E-state index contributed by atoms with van der Waals surface area (Å²) < 4.78 is 18.8. The Bertz CT molecular complexity index is 825. The molecule has 1 atom stereocenters. The van der Waals surface area contributed by atoms with Crippen LogP contribution in [0.25, 0.3) is 0 Å². The lowest BCUT2D eigenvalue weighted by atomic mass is 10.1. The molecule has 7 nitrogen and oxygen atoms in total. The number of nitrogens with zero attached hydrogens (tertiary/aromatic N) is 2. The Balaban J connectivity index is 0.00000320. The smallest absolute Gasteiger partial charge is 0.269 e. The van der Waals surface area contributed by atoms with Crippen LogP contribution in [0.4, 0.5) is 10.1 Å². The summed E-state index contributed by atoms with van der Waals surface area (Å²) in [5, 5.41) is 17.3. The van der Waals surface area contributed by atoms with Gasteiger partial charge >= 0.3 is 0 Å². The predicted octanol–water partition coefficient (Wildman–Crippen LogP) is 4.16. The molecular formula is C21H26FIN4O3. The number of aliphatic imine (C=N–C) groups is 1. The van der Waals surface area contributed by atoms with E-state index in [9.17, 15) is 14.5 Å². The van der Waals surface area contributed by atoms with Crippen LogP contribution < -0.4 is 10.6 Å². The Hall–Kier alpha value is -2.27. The highest BCUT2D eigenvalue weighted by molar-refractivity contribution is 14.0. The van der Waals surface area contributed by atoms with Crippen LogP contribution in [-0.2, 0) is 17.8 Å². The van der Waals surface area contributed by atoms with Crippen molar-refractivity contribution in [3.63, 3.8) is 0 Å². The van der Waals surface area contributed by atoms with Crippen LogP contribution in [0.5, 0.6) is 0 Å². The van der Waals surface area contributed by atoms with E-state index in [1.807, 2.05) is 0 Å². The van der Waals surface area contributed by atoms with Gasteiger partial charge in [0.05, 0.1) is 17.6 Å². The minimum atomic E-state index is -0.418. The first-order chi connectivity index (χ1) is 14.1. The summed E-state index contributed by atoms with van der Waals surface area (Å²) in [6.07, 6.45) is 3.42. The van der Waals surface area contributed by atoms with Gasteiger partial charge in [-0.3, -0.25) is 10.1 Å². The van der Waals surface area contributed by atoms with Crippen LogP contribution in [0.1, 0.15) is 30.4 Å². The quantitative estimate of drug-likeness (QED) is 0.185. The van der Waals surface area contributed by atoms with E-state index < -0.39 is 4.92 Å². The molecule has 0 radical (unpaired) electrons. The molecule has 162 valence electrons. The van der Waals surface area contributed by atoms with Gasteiger partial charge in [-0.15, -0.1) is 24.0 Å². The Morgan fingerprint density at radius 1 is 1.10 bits per heavy atom. The number of hydrogen-bond acceptors (Lipinski definition) is 4. The van der Waals surface area contributed by atoms with Crippen molar-refractivity contribution in [2.75, 3.05) is 13.2 Å². The van der Waals surface area contributed by atoms with E-state index in [1.54, 1.807) is 24.3 Å². The maximum atomic E-state index is 13.1. The normalized spacial score (nSPS) is 16.4. The largest absolute Gasteiger partial charge is 0.376 e. The number of halogens is 2. The predicted molar refractivity (Wildman–Crippen MR) is 124 cm³/mol. The van der Waals surface area contributed by atoms with E-state index in [1.165, 1.54) is 24.3 Å². The van der Waals surface area contributed by atoms with E-state index in [2.05, 4.69) is 15.6 Å². The second-order valence-corrected chi connectivity index (χ2v) is 6.94. The summed E-state index contributed by atoms with van der Waals surface area (Å²) in [6.45, 7) is 2.31. The molecule has 1 aliphatic rings. The number of hydrogen-bond donors (Lipinski definition) is 2. The third kappa shape index (κ3) is 7.86. The topological polar surface area (TPSA) is 88.8 Å². The molecule has 0 saturated carbocycles. The van der Waals surface area contributed by atoms with Crippen molar-refractivity contribution in [1.82, 2.24) is 10.6 Å². The van der Waals surface area contributed by atoms with Crippen molar-refractivity contribution in [3.8, 4) is 0 Å². The molecule has 0 spiro atoms. The number of benzene rings is 2. The van der Waals surface area contributed by atoms with Gasteiger partial charge in [-0.25, -0.2) is 9.38 Å². The first-order valence-corrected chi connectivity index (χ1v) is 9.72. The Morgan fingerprint density at radius 2 is 1.80 bits per heavy atom. The van der Waals surface area contributed by atoms with Gasteiger partial charge in [0.25, 0.3) is 5.69 Å². The molecule has 1 saturated heterocycles. The van der Waals surface area contributed by atoms with E-state index in [-0.39, 0.29) is 41.6 Å². The second kappa shape index (κ2) is 12.4. The summed E-state index contributed by atoms with van der Waals surface area (Å²) in [5.74, 6) is 0.337.